The highest BCUT2D eigenvalue weighted by Gasteiger charge is 2.78. The van der Waals surface area contributed by atoms with E-state index in [0.29, 0.717) is 18.2 Å². The Bertz CT molecular complexity index is 1120. The van der Waals surface area contributed by atoms with E-state index in [-0.39, 0.29) is 24.8 Å². The Morgan fingerprint density at radius 3 is 2.58 bits per heavy atom. The van der Waals surface area contributed by atoms with Crippen molar-refractivity contribution in [3.05, 3.63) is 23.8 Å². The van der Waals surface area contributed by atoms with Crippen LogP contribution in [0.1, 0.15) is 59.8 Å². The smallest absolute Gasteiger partial charge is 0.322 e. The minimum atomic E-state index is -2.31. The van der Waals surface area contributed by atoms with E-state index in [1.165, 1.54) is 30.8 Å². The number of fused-ring (bicyclic) bond motifs is 5. The van der Waals surface area contributed by atoms with Crippen LogP contribution in [0, 0.1) is 28.6 Å². The topological polar surface area (TPSA) is 80.7 Å². The quantitative estimate of drug-likeness (QED) is 0.458. The van der Waals surface area contributed by atoms with Crippen molar-refractivity contribution in [1.82, 2.24) is 0 Å². The predicted octanol–water partition coefficient (Wildman–Crippen LogP) is 5.31. The molecule has 0 amide bonds. The summed E-state index contributed by atoms with van der Waals surface area (Å²) in [5.74, 6) is -2.47. The van der Waals surface area contributed by atoms with E-state index in [0.717, 1.165) is 18.2 Å². The number of ketones is 1. The molecule has 4 aliphatic carbocycles. The van der Waals surface area contributed by atoms with Crippen LogP contribution in [0.25, 0.3) is 0 Å². The zero-order valence-electron chi connectivity index (χ0n) is 22.1. The SMILES string of the molecule is C[C@@H]1C[C@H]2[C@@H]3C[C@H](F)C4=CC(=O)C=C[C@]4(C)[C@@]3(F)[C@@H](O)C[C@]2(C)[C@@]1(OC(=O)[C@]1(C)CCCS1)C(=O)SCF. The van der Waals surface area contributed by atoms with Crippen LogP contribution in [0.4, 0.5) is 13.2 Å². The molecule has 4 fully saturated rings. The molecule has 0 unspecified atom stereocenters. The number of thioether (sulfide) groups is 2. The first-order chi connectivity index (χ1) is 17.7. The number of allylic oxidation sites excluding steroid dienone is 4. The molecule has 0 aromatic carbocycles. The molecule has 1 heterocycles. The average molecular weight is 573 g/mol. The molecule has 1 saturated heterocycles. The lowest BCUT2D eigenvalue weighted by atomic mass is 9.44. The molecule has 0 bridgehead atoms. The van der Waals surface area contributed by atoms with Crippen molar-refractivity contribution in [2.75, 3.05) is 11.8 Å². The summed E-state index contributed by atoms with van der Waals surface area (Å²) in [5, 5.41) is 10.9. The molecule has 0 spiro atoms. The van der Waals surface area contributed by atoms with E-state index < -0.39 is 79.8 Å². The first-order valence-corrected chi connectivity index (χ1v) is 15.3. The number of aliphatic hydroxyl groups excluding tert-OH is 1. The Hall–Kier alpha value is -1.26. The van der Waals surface area contributed by atoms with Crippen LogP contribution in [0.3, 0.4) is 0 Å². The lowest BCUT2D eigenvalue weighted by Crippen LogP contribution is -2.71. The molecule has 10 atom stereocenters. The molecule has 1 aliphatic heterocycles. The van der Waals surface area contributed by atoms with E-state index in [2.05, 4.69) is 0 Å². The number of halogens is 3. The fourth-order valence-corrected chi connectivity index (χ4v) is 10.5. The maximum absolute atomic E-state index is 17.5. The number of alkyl halides is 3. The lowest BCUT2D eigenvalue weighted by Gasteiger charge is -2.63. The molecule has 5 nitrogen and oxygen atoms in total. The summed E-state index contributed by atoms with van der Waals surface area (Å²) < 4.78 is 52.1. The van der Waals surface area contributed by atoms with Gasteiger partial charge in [-0.25, -0.2) is 13.2 Å². The van der Waals surface area contributed by atoms with Crippen LogP contribution in [-0.2, 0) is 19.1 Å². The van der Waals surface area contributed by atoms with Crippen molar-refractivity contribution in [3.63, 3.8) is 0 Å². The second-order valence-electron chi connectivity index (χ2n) is 12.3. The number of ether oxygens (including phenoxy) is 1. The lowest BCUT2D eigenvalue weighted by molar-refractivity contribution is -0.229. The maximum atomic E-state index is 17.5. The fraction of sp³-hybridized carbons (Fsp3) is 0.750. The summed E-state index contributed by atoms with van der Waals surface area (Å²) in [4.78, 5) is 39.4. The Morgan fingerprint density at radius 2 is 1.95 bits per heavy atom. The van der Waals surface area contributed by atoms with E-state index >= 15 is 8.78 Å². The molecule has 210 valence electrons. The summed E-state index contributed by atoms with van der Waals surface area (Å²) >= 11 is 1.87. The number of hydrogen-bond acceptors (Lipinski definition) is 7. The third-order valence-corrected chi connectivity index (χ3v) is 12.7. The number of carbonyl (C=O) groups is 3. The molecule has 0 radical (unpaired) electrons. The summed E-state index contributed by atoms with van der Waals surface area (Å²) in [6, 6.07) is -1.02. The number of hydrogen-bond donors (Lipinski definition) is 1. The Morgan fingerprint density at radius 1 is 1.24 bits per heavy atom. The highest BCUT2D eigenvalue weighted by molar-refractivity contribution is 8.13. The third-order valence-electron chi connectivity index (χ3n) is 10.6. The second-order valence-corrected chi connectivity index (χ2v) is 14.8. The van der Waals surface area contributed by atoms with Gasteiger partial charge in [-0.2, -0.15) is 0 Å². The molecule has 0 aromatic rings. The van der Waals surface area contributed by atoms with Crippen molar-refractivity contribution >= 4 is 40.4 Å². The van der Waals surface area contributed by atoms with Gasteiger partial charge in [-0.15, -0.1) is 11.8 Å². The van der Waals surface area contributed by atoms with Crippen LogP contribution >= 0.6 is 23.5 Å². The maximum Gasteiger partial charge on any atom is 0.322 e. The van der Waals surface area contributed by atoms with Gasteiger partial charge >= 0.3 is 5.97 Å². The third kappa shape index (κ3) is 3.47. The summed E-state index contributed by atoms with van der Waals surface area (Å²) in [6.45, 7) is 6.74. The van der Waals surface area contributed by atoms with Crippen molar-refractivity contribution in [2.24, 2.45) is 28.6 Å². The van der Waals surface area contributed by atoms with Gasteiger partial charge in [0.1, 0.15) is 16.9 Å². The van der Waals surface area contributed by atoms with Gasteiger partial charge in [0.05, 0.1) is 6.10 Å². The summed E-state index contributed by atoms with van der Waals surface area (Å²) in [5.41, 5.74) is -6.91. The number of rotatable bonds is 4. The van der Waals surface area contributed by atoms with Crippen LogP contribution in [0.2, 0.25) is 0 Å². The minimum absolute atomic E-state index is 0.0189. The van der Waals surface area contributed by atoms with Gasteiger partial charge in [-0.3, -0.25) is 14.4 Å². The summed E-state index contributed by atoms with van der Waals surface area (Å²) in [7, 11) is 0. The predicted molar refractivity (Wildman–Crippen MR) is 141 cm³/mol. The zero-order valence-corrected chi connectivity index (χ0v) is 23.7. The highest BCUT2D eigenvalue weighted by atomic mass is 32.2. The second kappa shape index (κ2) is 9.13. The van der Waals surface area contributed by atoms with Crippen LogP contribution < -0.4 is 0 Å². The van der Waals surface area contributed by atoms with Gasteiger partial charge in [-0.1, -0.05) is 19.9 Å². The van der Waals surface area contributed by atoms with E-state index in [1.807, 2.05) is 0 Å². The molecule has 3 saturated carbocycles. The molecule has 0 aromatic heterocycles. The number of aliphatic hydroxyl groups is 1. The first kappa shape index (κ1) is 28.3. The Labute approximate surface area is 229 Å². The number of carbonyl (C=O) groups excluding carboxylic acids is 3. The van der Waals surface area contributed by atoms with Gasteiger partial charge < -0.3 is 9.84 Å². The fourth-order valence-electron chi connectivity index (χ4n) is 8.57. The first-order valence-electron chi connectivity index (χ1n) is 13.3. The molecule has 10 heteroatoms. The van der Waals surface area contributed by atoms with E-state index in [4.69, 9.17) is 4.74 Å². The highest BCUT2D eigenvalue weighted by Crippen LogP contribution is 2.72. The summed E-state index contributed by atoms with van der Waals surface area (Å²) in [6.07, 6.45) is 1.59. The van der Waals surface area contributed by atoms with Crippen molar-refractivity contribution in [3.8, 4) is 0 Å². The molecular weight excluding hydrogens is 537 g/mol. The van der Waals surface area contributed by atoms with Crippen molar-refractivity contribution in [1.29, 1.82) is 0 Å². The Balaban J connectivity index is 1.62. The van der Waals surface area contributed by atoms with Crippen molar-refractivity contribution < 1.29 is 37.4 Å². The zero-order chi connectivity index (χ0) is 27.9. The minimum Gasteiger partial charge on any atom is -0.448 e. The number of esters is 1. The van der Waals surface area contributed by atoms with Crippen LogP contribution in [0.15, 0.2) is 23.8 Å². The molecule has 38 heavy (non-hydrogen) atoms. The van der Waals surface area contributed by atoms with Crippen LogP contribution in [0.5, 0.6) is 0 Å². The van der Waals surface area contributed by atoms with Crippen molar-refractivity contribution in [2.45, 2.75) is 88.1 Å². The van der Waals surface area contributed by atoms with Gasteiger partial charge in [0.25, 0.3) is 0 Å². The van der Waals surface area contributed by atoms with E-state index in [1.54, 1.807) is 20.8 Å². The molecule has 5 aliphatic rings. The van der Waals surface area contributed by atoms with Gasteiger partial charge in [0, 0.05) is 22.7 Å². The monoisotopic (exact) mass is 572 g/mol. The molecular formula is C28H35F3O5S2. The van der Waals surface area contributed by atoms with Gasteiger partial charge in [0.2, 0.25) is 5.12 Å². The normalized spacial score (nSPS) is 49.6. The molecule has 5 rings (SSSR count). The Kier molecular flexibility index (Phi) is 6.79. The van der Waals surface area contributed by atoms with E-state index in [9.17, 15) is 23.9 Å². The average Bonchev–Trinajstić information content (AvgIpc) is 3.39. The molecule has 1 N–H and O–H groups in total. The van der Waals surface area contributed by atoms with Gasteiger partial charge in [0.15, 0.2) is 17.1 Å². The van der Waals surface area contributed by atoms with Crippen LogP contribution in [-0.4, -0.2) is 62.0 Å². The van der Waals surface area contributed by atoms with Gasteiger partial charge in [-0.05, 0) is 87.1 Å². The standard InChI is InChI=1S/C28H35F3O5S2/c1-15-10-17-18-12-20(30)19-11-16(32)6-8-24(19,2)27(18,31)21(33)13-25(17,3)28(15,23(35)37-14-29)36-22(34)26(4)7-5-9-38-26/h6,8,11,15,17-18,20-21,33H,5,7,9-10,12-14H2,1-4H3/t15-,17+,18+,20+,21+,24+,25+,26+,27+,28+/m1/s1. The largest absolute Gasteiger partial charge is 0.448 e.